The van der Waals surface area contributed by atoms with Crippen LogP contribution < -0.4 is 5.73 Å². The lowest BCUT2D eigenvalue weighted by Crippen LogP contribution is -2.28. The first-order valence-corrected chi connectivity index (χ1v) is 8.49. The van der Waals surface area contributed by atoms with Crippen LogP contribution in [0, 0.1) is 23.7 Å². The zero-order valence-electron chi connectivity index (χ0n) is 11.1. The zero-order chi connectivity index (χ0) is 13.3. The SMILES string of the molecule is Nc1ncnc2c1ncn2[C@@H]1C[C@@H]2C[C@H]1[C@H]1CSC[C@@H]21. The lowest BCUT2D eigenvalue weighted by Gasteiger charge is -2.31. The first-order chi connectivity index (χ1) is 9.83. The molecule has 6 heteroatoms. The Morgan fingerprint density at radius 2 is 2.00 bits per heavy atom. The second-order valence-electron chi connectivity index (χ2n) is 6.41. The number of aromatic nitrogens is 4. The van der Waals surface area contributed by atoms with Gasteiger partial charge in [0.25, 0.3) is 0 Å². The van der Waals surface area contributed by atoms with Gasteiger partial charge in [0.2, 0.25) is 0 Å². The van der Waals surface area contributed by atoms with Crippen molar-refractivity contribution in [3.8, 4) is 0 Å². The summed E-state index contributed by atoms with van der Waals surface area (Å²) in [6, 6.07) is 0.569. The molecule has 0 aromatic carbocycles. The molecule has 2 aromatic heterocycles. The van der Waals surface area contributed by atoms with Crippen LogP contribution >= 0.6 is 11.8 Å². The molecule has 5 atom stereocenters. The van der Waals surface area contributed by atoms with Crippen LogP contribution in [0.4, 0.5) is 5.82 Å². The van der Waals surface area contributed by atoms with Crippen molar-refractivity contribution in [3.05, 3.63) is 12.7 Å². The minimum Gasteiger partial charge on any atom is -0.382 e. The molecule has 2 aliphatic carbocycles. The average Bonchev–Trinajstić information content (AvgIpc) is 3.19. The predicted octanol–water partition coefficient (Wildman–Crippen LogP) is 1.97. The van der Waals surface area contributed by atoms with Crippen molar-refractivity contribution in [3.63, 3.8) is 0 Å². The van der Waals surface area contributed by atoms with Crippen molar-refractivity contribution in [1.82, 2.24) is 19.5 Å². The lowest BCUT2D eigenvalue weighted by molar-refractivity contribution is 0.210. The number of nitrogens with two attached hydrogens (primary N) is 1. The molecular formula is C14H17N5S. The van der Waals surface area contributed by atoms with Crippen molar-refractivity contribution >= 4 is 28.7 Å². The van der Waals surface area contributed by atoms with Crippen LogP contribution in [-0.4, -0.2) is 31.0 Å². The van der Waals surface area contributed by atoms with Crippen LogP contribution in [0.3, 0.4) is 0 Å². The zero-order valence-corrected chi connectivity index (χ0v) is 12.0. The Morgan fingerprint density at radius 1 is 1.10 bits per heavy atom. The largest absolute Gasteiger partial charge is 0.382 e. The Balaban J connectivity index is 1.59. The molecule has 2 N–H and O–H groups in total. The van der Waals surface area contributed by atoms with Gasteiger partial charge in [0.05, 0.1) is 6.33 Å². The van der Waals surface area contributed by atoms with Gasteiger partial charge in [0.15, 0.2) is 11.5 Å². The van der Waals surface area contributed by atoms with E-state index in [-0.39, 0.29) is 0 Å². The first kappa shape index (κ1) is 11.4. The highest BCUT2D eigenvalue weighted by Crippen LogP contribution is 2.61. The summed E-state index contributed by atoms with van der Waals surface area (Å²) < 4.78 is 2.28. The molecule has 5 nitrogen and oxygen atoms in total. The standard InChI is InChI=1S/C14H17N5S/c15-13-12-14(17-5-16-13)19(6-18-12)11-2-7-1-8(11)10-4-20-3-9(7)10/h5-11H,1-4H2,(H2,15,16,17)/t7-,8-,9-,10+,11+/m0/s1. The van der Waals surface area contributed by atoms with Gasteiger partial charge in [-0.2, -0.15) is 11.8 Å². The van der Waals surface area contributed by atoms with E-state index in [4.69, 9.17) is 5.73 Å². The fraction of sp³-hybridized carbons (Fsp3) is 0.643. The number of hydrogen-bond donors (Lipinski definition) is 1. The number of fused-ring (bicyclic) bond motifs is 6. The summed E-state index contributed by atoms with van der Waals surface area (Å²) in [5, 5.41) is 0. The van der Waals surface area contributed by atoms with Crippen molar-refractivity contribution in [2.24, 2.45) is 23.7 Å². The highest BCUT2D eigenvalue weighted by molar-refractivity contribution is 7.99. The summed E-state index contributed by atoms with van der Waals surface area (Å²) in [5.74, 6) is 6.86. The smallest absolute Gasteiger partial charge is 0.165 e. The van der Waals surface area contributed by atoms with Crippen LogP contribution in [-0.2, 0) is 0 Å². The highest BCUT2D eigenvalue weighted by atomic mass is 32.2. The summed E-state index contributed by atoms with van der Waals surface area (Å²) in [4.78, 5) is 12.9. The molecule has 5 rings (SSSR count). The van der Waals surface area contributed by atoms with Crippen LogP contribution in [0.15, 0.2) is 12.7 Å². The number of rotatable bonds is 1. The topological polar surface area (TPSA) is 69.6 Å². The van der Waals surface area contributed by atoms with Crippen LogP contribution in [0.1, 0.15) is 18.9 Å². The fourth-order valence-corrected chi connectivity index (χ4v) is 6.54. The molecule has 3 fully saturated rings. The van der Waals surface area contributed by atoms with Crippen LogP contribution in [0.2, 0.25) is 0 Å². The molecule has 1 saturated heterocycles. The molecule has 3 aliphatic rings. The second-order valence-corrected chi connectivity index (χ2v) is 7.49. The van der Waals surface area contributed by atoms with E-state index in [0.717, 1.165) is 34.8 Å². The van der Waals surface area contributed by atoms with E-state index < -0.39 is 0 Å². The molecule has 1 aliphatic heterocycles. The van der Waals surface area contributed by atoms with Gasteiger partial charge in [-0.1, -0.05) is 0 Å². The van der Waals surface area contributed by atoms with E-state index in [1.165, 1.54) is 24.3 Å². The molecule has 0 amide bonds. The Morgan fingerprint density at radius 3 is 2.95 bits per heavy atom. The Bertz CT molecular complexity index is 683. The maximum absolute atomic E-state index is 5.90. The Kier molecular flexibility index (Phi) is 2.20. The van der Waals surface area contributed by atoms with Crippen LogP contribution in [0.25, 0.3) is 11.2 Å². The fourth-order valence-electron chi connectivity index (χ4n) is 4.84. The van der Waals surface area contributed by atoms with Crippen molar-refractivity contribution < 1.29 is 0 Å². The van der Waals surface area contributed by atoms with E-state index in [1.54, 1.807) is 6.33 Å². The Labute approximate surface area is 121 Å². The molecule has 0 unspecified atom stereocenters. The van der Waals surface area contributed by atoms with Gasteiger partial charge in [-0.05, 0) is 48.0 Å². The molecule has 0 spiro atoms. The number of imidazole rings is 1. The summed E-state index contributed by atoms with van der Waals surface area (Å²) in [6.07, 6.45) is 6.18. The van der Waals surface area contributed by atoms with Gasteiger partial charge in [0, 0.05) is 6.04 Å². The second kappa shape index (κ2) is 3.87. The van der Waals surface area contributed by atoms with E-state index >= 15 is 0 Å². The van der Waals surface area contributed by atoms with Gasteiger partial charge in [-0.15, -0.1) is 0 Å². The minimum atomic E-state index is 0.492. The average molecular weight is 287 g/mol. The summed E-state index contributed by atoms with van der Waals surface area (Å²) in [6.45, 7) is 0. The lowest BCUT2D eigenvalue weighted by atomic mass is 9.79. The quantitative estimate of drug-likeness (QED) is 0.868. The van der Waals surface area contributed by atoms with Gasteiger partial charge in [0.1, 0.15) is 11.8 Å². The third kappa shape index (κ3) is 1.33. The molecular weight excluding hydrogens is 270 g/mol. The maximum Gasteiger partial charge on any atom is 0.165 e. The highest BCUT2D eigenvalue weighted by Gasteiger charge is 2.54. The predicted molar refractivity (Wildman–Crippen MR) is 79.3 cm³/mol. The molecule has 3 heterocycles. The van der Waals surface area contributed by atoms with Crippen molar-refractivity contribution in [2.75, 3.05) is 17.2 Å². The molecule has 2 aromatic rings. The number of hydrogen-bond acceptors (Lipinski definition) is 5. The summed E-state index contributed by atoms with van der Waals surface area (Å²) in [5.41, 5.74) is 7.57. The van der Waals surface area contributed by atoms with Gasteiger partial charge in [-0.3, -0.25) is 0 Å². The summed E-state index contributed by atoms with van der Waals surface area (Å²) >= 11 is 2.15. The van der Waals surface area contributed by atoms with E-state index in [1.807, 2.05) is 6.33 Å². The van der Waals surface area contributed by atoms with Gasteiger partial charge in [-0.25, -0.2) is 15.0 Å². The number of nitrogen functional groups attached to an aromatic ring is 1. The maximum atomic E-state index is 5.90. The molecule has 0 radical (unpaired) electrons. The van der Waals surface area contributed by atoms with E-state index in [0.29, 0.717) is 11.9 Å². The van der Waals surface area contributed by atoms with Crippen LogP contribution in [0.5, 0.6) is 0 Å². The number of thioether (sulfide) groups is 1. The normalized spacial score (nSPS) is 38.7. The minimum absolute atomic E-state index is 0.492. The molecule has 20 heavy (non-hydrogen) atoms. The third-order valence-corrected chi connectivity index (χ3v) is 6.92. The molecule has 2 saturated carbocycles. The molecule has 104 valence electrons. The van der Waals surface area contributed by atoms with Crippen molar-refractivity contribution in [2.45, 2.75) is 18.9 Å². The monoisotopic (exact) mass is 287 g/mol. The Hall–Kier alpha value is -1.30. The van der Waals surface area contributed by atoms with Crippen molar-refractivity contribution in [1.29, 1.82) is 0 Å². The first-order valence-electron chi connectivity index (χ1n) is 7.33. The van der Waals surface area contributed by atoms with Gasteiger partial charge < -0.3 is 10.3 Å². The third-order valence-electron chi connectivity index (χ3n) is 5.68. The molecule has 2 bridgehead atoms. The summed E-state index contributed by atoms with van der Waals surface area (Å²) in [7, 11) is 0. The van der Waals surface area contributed by atoms with Gasteiger partial charge >= 0.3 is 0 Å². The van der Waals surface area contributed by atoms with E-state index in [9.17, 15) is 0 Å². The number of anilines is 1. The van der Waals surface area contributed by atoms with E-state index in [2.05, 4.69) is 31.3 Å². The number of nitrogens with zero attached hydrogens (tertiary/aromatic N) is 4.